The minimum absolute atomic E-state index is 0.283. The third-order valence-corrected chi connectivity index (χ3v) is 4.38. The van der Waals surface area contributed by atoms with Crippen LogP contribution in [0.25, 0.3) is 0 Å². The first kappa shape index (κ1) is 15.1. The van der Waals surface area contributed by atoms with Crippen LogP contribution in [0.4, 0.5) is 0 Å². The van der Waals surface area contributed by atoms with Crippen molar-refractivity contribution < 1.29 is 9.53 Å². The van der Waals surface area contributed by atoms with E-state index in [0.29, 0.717) is 12.3 Å². The highest BCUT2D eigenvalue weighted by Crippen LogP contribution is 2.19. The van der Waals surface area contributed by atoms with Gasteiger partial charge in [-0.2, -0.15) is 0 Å². The highest BCUT2D eigenvalue weighted by atomic mass is 35.5. The SMILES string of the molecule is O=C(CCCCl)N1CCC(CN2CCOCC2)CC1. The van der Waals surface area contributed by atoms with Gasteiger partial charge in [-0.3, -0.25) is 9.69 Å². The Labute approximate surface area is 121 Å². The standard InChI is InChI=1S/C14H25ClN2O2/c15-5-1-2-14(18)17-6-3-13(4-7-17)12-16-8-10-19-11-9-16/h13H,1-12H2. The number of amides is 1. The van der Waals surface area contributed by atoms with Crippen LogP contribution in [0.15, 0.2) is 0 Å². The molecule has 0 aromatic carbocycles. The Morgan fingerprint density at radius 2 is 1.84 bits per heavy atom. The number of carbonyl (C=O) groups is 1. The Balaban J connectivity index is 1.65. The normalized spacial score (nSPS) is 22.7. The van der Waals surface area contributed by atoms with E-state index in [1.807, 2.05) is 4.90 Å². The van der Waals surface area contributed by atoms with Gasteiger partial charge < -0.3 is 9.64 Å². The summed E-state index contributed by atoms with van der Waals surface area (Å²) in [5, 5.41) is 0. The van der Waals surface area contributed by atoms with E-state index in [1.54, 1.807) is 0 Å². The highest BCUT2D eigenvalue weighted by Gasteiger charge is 2.24. The second-order valence-electron chi connectivity index (χ2n) is 5.53. The number of alkyl halides is 1. The Hall–Kier alpha value is -0.320. The van der Waals surface area contributed by atoms with Crippen LogP contribution in [-0.2, 0) is 9.53 Å². The van der Waals surface area contributed by atoms with Gasteiger partial charge in [-0.05, 0) is 25.2 Å². The largest absolute Gasteiger partial charge is 0.379 e. The van der Waals surface area contributed by atoms with Crippen molar-refractivity contribution in [2.75, 3.05) is 51.8 Å². The van der Waals surface area contributed by atoms with E-state index in [1.165, 1.54) is 6.54 Å². The summed E-state index contributed by atoms with van der Waals surface area (Å²) in [5.74, 6) is 1.61. The molecule has 2 aliphatic heterocycles. The quantitative estimate of drug-likeness (QED) is 0.720. The van der Waals surface area contributed by atoms with Gasteiger partial charge in [0, 0.05) is 45.0 Å². The van der Waals surface area contributed by atoms with Crippen LogP contribution in [0, 0.1) is 5.92 Å². The summed E-state index contributed by atoms with van der Waals surface area (Å²) >= 11 is 5.63. The number of halogens is 1. The van der Waals surface area contributed by atoms with Crippen LogP contribution in [-0.4, -0.2) is 67.5 Å². The molecule has 0 saturated carbocycles. The minimum Gasteiger partial charge on any atom is -0.379 e. The number of morpholine rings is 1. The van der Waals surface area contributed by atoms with Crippen LogP contribution in [0.1, 0.15) is 25.7 Å². The lowest BCUT2D eigenvalue weighted by atomic mass is 9.95. The maximum atomic E-state index is 11.9. The molecule has 0 atom stereocenters. The topological polar surface area (TPSA) is 32.8 Å². The van der Waals surface area contributed by atoms with Gasteiger partial charge in [0.1, 0.15) is 0 Å². The molecule has 0 unspecified atom stereocenters. The molecule has 0 spiro atoms. The van der Waals surface area contributed by atoms with Crippen molar-refractivity contribution in [1.29, 1.82) is 0 Å². The summed E-state index contributed by atoms with van der Waals surface area (Å²) in [6, 6.07) is 0. The highest BCUT2D eigenvalue weighted by molar-refractivity contribution is 6.17. The predicted octanol–water partition coefficient (Wildman–Crippen LogP) is 1.58. The van der Waals surface area contributed by atoms with Crippen molar-refractivity contribution >= 4 is 17.5 Å². The minimum atomic E-state index is 0.283. The van der Waals surface area contributed by atoms with Gasteiger partial charge in [-0.15, -0.1) is 11.6 Å². The average Bonchev–Trinajstić information content (AvgIpc) is 2.46. The van der Waals surface area contributed by atoms with E-state index in [9.17, 15) is 4.79 Å². The average molecular weight is 289 g/mol. The first-order chi connectivity index (χ1) is 9.29. The molecule has 2 aliphatic rings. The van der Waals surface area contributed by atoms with E-state index >= 15 is 0 Å². The molecular weight excluding hydrogens is 264 g/mol. The zero-order valence-electron chi connectivity index (χ0n) is 11.7. The second kappa shape index (κ2) is 8.08. The Bertz CT molecular complexity index is 275. The van der Waals surface area contributed by atoms with Crippen molar-refractivity contribution in [1.82, 2.24) is 9.80 Å². The van der Waals surface area contributed by atoms with Gasteiger partial charge in [-0.25, -0.2) is 0 Å². The molecular formula is C14H25ClN2O2. The van der Waals surface area contributed by atoms with Gasteiger partial charge in [0.05, 0.1) is 13.2 Å². The van der Waals surface area contributed by atoms with Crippen molar-refractivity contribution in [3.63, 3.8) is 0 Å². The van der Waals surface area contributed by atoms with Crippen molar-refractivity contribution in [3.8, 4) is 0 Å². The second-order valence-corrected chi connectivity index (χ2v) is 5.91. The lowest BCUT2D eigenvalue weighted by molar-refractivity contribution is -0.132. The van der Waals surface area contributed by atoms with E-state index in [4.69, 9.17) is 16.3 Å². The monoisotopic (exact) mass is 288 g/mol. The summed E-state index contributed by atoms with van der Waals surface area (Å²) < 4.78 is 5.37. The van der Waals surface area contributed by atoms with Crippen LogP contribution < -0.4 is 0 Å². The zero-order valence-corrected chi connectivity index (χ0v) is 12.4. The third-order valence-electron chi connectivity index (χ3n) is 4.11. The molecule has 2 rings (SSSR count). The number of carbonyl (C=O) groups excluding carboxylic acids is 1. The summed E-state index contributed by atoms with van der Waals surface area (Å²) in [5.41, 5.74) is 0. The van der Waals surface area contributed by atoms with Crippen molar-refractivity contribution in [2.45, 2.75) is 25.7 Å². The fraction of sp³-hybridized carbons (Fsp3) is 0.929. The summed E-state index contributed by atoms with van der Waals surface area (Å²) in [7, 11) is 0. The van der Waals surface area contributed by atoms with E-state index in [0.717, 1.165) is 64.6 Å². The molecule has 4 nitrogen and oxygen atoms in total. The number of hydrogen-bond acceptors (Lipinski definition) is 3. The molecule has 5 heteroatoms. The number of hydrogen-bond donors (Lipinski definition) is 0. The molecule has 2 fully saturated rings. The Kier molecular flexibility index (Phi) is 6.41. The summed E-state index contributed by atoms with van der Waals surface area (Å²) in [6.45, 7) is 6.90. The molecule has 1 amide bonds. The van der Waals surface area contributed by atoms with E-state index in [2.05, 4.69) is 4.90 Å². The molecule has 110 valence electrons. The molecule has 0 N–H and O–H groups in total. The lowest BCUT2D eigenvalue weighted by Gasteiger charge is -2.36. The van der Waals surface area contributed by atoms with E-state index in [-0.39, 0.29) is 5.91 Å². The van der Waals surface area contributed by atoms with Gasteiger partial charge in [0.2, 0.25) is 5.91 Å². The maximum Gasteiger partial charge on any atom is 0.222 e. The van der Waals surface area contributed by atoms with E-state index < -0.39 is 0 Å². The summed E-state index contributed by atoms with van der Waals surface area (Å²) in [6.07, 6.45) is 3.69. The molecule has 0 radical (unpaired) electrons. The molecule has 0 aromatic heterocycles. The van der Waals surface area contributed by atoms with Crippen molar-refractivity contribution in [2.24, 2.45) is 5.92 Å². The molecule has 19 heavy (non-hydrogen) atoms. The first-order valence-electron chi connectivity index (χ1n) is 7.43. The third kappa shape index (κ3) is 4.93. The molecule has 2 heterocycles. The van der Waals surface area contributed by atoms with Crippen LogP contribution in [0.3, 0.4) is 0 Å². The van der Waals surface area contributed by atoms with Crippen molar-refractivity contribution in [3.05, 3.63) is 0 Å². The number of likely N-dealkylation sites (tertiary alicyclic amines) is 1. The zero-order chi connectivity index (χ0) is 13.5. The van der Waals surface area contributed by atoms with Gasteiger partial charge in [0.25, 0.3) is 0 Å². The molecule has 0 bridgehead atoms. The fourth-order valence-electron chi connectivity index (χ4n) is 2.89. The first-order valence-corrected chi connectivity index (χ1v) is 7.97. The van der Waals surface area contributed by atoms with Gasteiger partial charge in [0.15, 0.2) is 0 Å². The molecule has 2 saturated heterocycles. The fourth-order valence-corrected chi connectivity index (χ4v) is 3.02. The van der Waals surface area contributed by atoms with Crippen LogP contribution in [0.5, 0.6) is 0 Å². The Morgan fingerprint density at radius 3 is 2.47 bits per heavy atom. The number of rotatable bonds is 5. The van der Waals surface area contributed by atoms with Crippen LogP contribution >= 0.6 is 11.6 Å². The smallest absolute Gasteiger partial charge is 0.222 e. The predicted molar refractivity (Wildman–Crippen MR) is 76.5 cm³/mol. The molecule has 0 aromatic rings. The van der Waals surface area contributed by atoms with Crippen LogP contribution in [0.2, 0.25) is 0 Å². The van der Waals surface area contributed by atoms with Gasteiger partial charge in [-0.1, -0.05) is 0 Å². The van der Waals surface area contributed by atoms with Gasteiger partial charge >= 0.3 is 0 Å². The summed E-state index contributed by atoms with van der Waals surface area (Å²) in [4.78, 5) is 16.4. The number of piperidine rings is 1. The Morgan fingerprint density at radius 1 is 1.16 bits per heavy atom. The number of ether oxygens (including phenoxy) is 1. The number of nitrogens with zero attached hydrogens (tertiary/aromatic N) is 2. The maximum absolute atomic E-state index is 11.9. The lowest BCUT2D eigenvalue weighted by Crippen LogP contribution is -2.44. The molecule has 0 aliphatic carbocycles.